The Kier molecular flexibility index (Phi) is 4.58. The number of aromatic nitrogens is 2. The molecule has 1 saturated heterocycles. The number of hydrogen-bond acceptors (Lipinski definition) is 5. The molecule has 0 amide bonds. The highest BCUT2D eigenvalue weighted by molar-refractivity contribution is 5.57. The Bertz CT molecular complexity index is 416. The van der Waals surface area contributed by atoms with E-state index in [1.54, 1.807) is 6.33 Å². The monoisotopic (exact) mass is 264 g/mol. The zero-order valence-corrected chi connectivity index (χ0v) is 12.1. The van der Waals surface area contributed by atoms with Crippen LogP contribution in [0.4, 0.5) is 11.6 Å². The lowest BCUT2D eigenvalue weighted by atomic mass is 9.82. The molecule has 19 heavy (non-hydrogen) atoms. The minimum absolute atomic E-state index is 0.300. The molecule has 0 aromatic carbocycles. The van der Waals surface area contributed by atoms with Crippen molar-refractivity contribution in [3.63, 3.8) is 0 Å². The van der Waals surface area contributed by atoms with Gasteiger partial charge in [-0.15, -0.1) is 0 Å². The van der Waals surface area contributed by atoms with Gasteiger partial charge in [0, 0.05) is 32.4 Å². The molecule has 106 valence electrons. The molecule has 1 aliphatic heterocycles. The van der Waals surface area contributed by atoms with E-state index in [4.69, 9.17) is 4.74 Å². The largest absolute Gasteiger partial charge is 0.381 e. The molecule has 1 aliphatic rings. The molecule has 0 bridgehead atoms. The van der Waals surface area contributed by atoms with Gasteiger partial charge >= 0.3 is 0 Å². The summed E-state index contributed by atoms with van der Waals surface area (Å²) in [6.07, 6.45) is 4.73. The molecule has 1 fully saturated rings. The minimum atomic E-state index is 0.300. The Morgan fingerprint density at radius 2 is 1.95 bits per heavy atom. The van der Waals surface area contributed by atoms with Crippen molar-refractivity contribution in [2.45, 2.75) is 33.1 Å². The Labute approximate surface area is 115 Å². The molecule has 2 N–H and O–H groups in total. The maximum absolute atomic E-state index is 5.43. The molecule has 0 unspecified atom stereocenters. The van der Waals surface area contributed by atoms with Crippen molar-refractivity contribution in [3.05, 3.63) is 11.9 Å². The molecule has 0 saturated carbocycles. The van der Waals surface area contributed by atoms with E-state index in [2.05, 4.69) is 34.4 Å². The fourth-order valence-electron chi connectivity index (χ4n) is 2.45. The van der Waals surface area contributed by atoms with Gasteiger partial charge in [0.15, 0.2) is 0 Å². The third kappa shape index (κ3) is 3.35. The van der Waals surface area contributed by atoms with E-state index < -0.39 is 0 Å². The van der Waals surface area contributed by atoms with E-state index in [1.165, 1.54) is 0 Å². The van der Waals surface area contributed by atoms with E-state index in [0.29, 0.717) is 5.41 Å². The van der Waals surface area contributed by atoms with Crippen molar-refractivity contribution >= 4 is 11.6 Å². The van der Waals surface area contributed by atoms with Gasteiger partial charge in [0.1, 0.15) is 18.0 Å². The third-order valence-electron chi connectivity index (χ3n) is 3.92. The van der Waals surface area contributed by atoms with Crippen molar-refractivity contribution in [1.82, 2.24) is 9.97 Å². The fraction of sp³-hybridized carbons (Fsp3) is 0.714. The average Bonchev–Trinajstić information content (AvgIpc) is 2.45. The van der Waals surface area contributed by atoms with E-state index in [-0.39, 0.29) is 0 Å². The van der Waals surface area contributed by atoms with E-state index in [0.717, 1.165) is 56.2 Å². The van der Waals surface area contributed by atoms with Gasteiger partial charge in [-0.25, -0.2) is 9.97 Å². The molecule has 0 spiro atoms. The second-order valence-corrected chi connectivity index (χ2v) is 5.43. The van der Waals surface area contributed by atoms with Crippen LogP contribution >= 0.6 is 0 Å². The first-order chi connectivity index (χ1) is 9.18. The first kappa shape index (κ1) is 14.1. The second-order valence-electron chi connectivity index (χ2n) is 5.43. The summed E-state index contributed by atoms with van der Waals surface area (Å²) < 4.78 is 5.43. The van der Waals surface area contributed by atoms with Crippen LogP contribution in [0.3, 0.4) is 0 Å². The van der Waals surface area contributed by atoms with Crippen LogP contribution in [-0.2, 0) is 11.2 Å². The standard InChI is InChI=1S/C14H24N4O/c1-4-11-12(15-3)17-10-18-13(11)16-9-14(2)5-7-19-8-6-14/h10H,4-9H2,1-3H3,(H2,15,16,17,18). The highest BCUT2D eigenvalue weighted by atomic mass is 16.5. The second kappa shape index (κ2) is 6.19. The smallest absolute Gasteiger partial charge is 0.134 e. The lowest BCUT2D eigenvalue weighted by Crippen LogP contribution is -2.33. The first-order valence-corrected chi connectivity index (χ1v) is 7.02. The number of ether oxygens (including phenoxy) is 1. The topological polar surface area (TPSA) is 59.1 Å². The quantitative estimate of drug-likeness (QED) is 0.854. The van der Waals surface area contributed by atoms with Crippen LogP contribution in [0.25, 0.3) is 0 Å². The Morgan fingerprint density at radius 3 is 2.58 bits per heavy atom. The van der Waals surface area contributed by atoms with E-state index in [1.807, 2.05) is 7.05 Å². The van der Waals surface area contributed by atoms with Crippen molar-refractivity contribution in [3.8, 4) is 0 Å². The van der Waals surface area contributed by atoms with Gasteiger partial charge in [-0.1, -0.05) is 13.8 Å². The molecule has 2 rings (SSSR count). The first-order valence-electron chi connectivity index (χ1n) is 7.02. The van der Waals surface area contributed by atoms with Gasteiger partial charge in [0.25, 0.3) is 0 Å². The van der Waals surface area contributed by atoms with Crippen LogP contribution in [0.5, 0.6) is 0 Å². The van der Waals surface area contributed by atoms with Crippen LogP contribution in [0.15, 0.2) is 6.33 Å². The zero-order chi connectivity index (χ0) is 13.7. The summed E-state index contributed by atoms with van der Waals surface area (Å²) in [7, 11) is 1.89. The molecule has 0 aliphatic carbocycles. The summed E-state index contributed by atoms with van der Waals surface area (Å²) in [6.45, 7) is 7.10. The summed E-state index contributed by atoms with van der Waals surface area (Å²) in [4.78, 5) is 8.64. The lowest BCUT2D eigenvalue weighted by Gasteiger charge is -2.34. The van der Waals surface area contributed by atoms with Gasteiger partial charge in [0.2, 0.25) is 0 Å². The molecule has 1 aromatic heterocycles. The number of rotatable bonds is 5. The minimum Gasteiger partial charge on any atom is -0.381 e. The van der Waals surface area contributed by atoms with Crippen LogP contribution in [0.1, 0.15) is 32.3 Å². The van der Waals surface area contributed by atoms with Crippen LogP contribution in [-0.4, -0.2) is 36.8 Å². The molecule has 0 atom stereocenters. The predicted octanol–water partition coefficient (Wildman–Crippen LogP) is 2.31. The molecule has 5 nitrogen and oxygen atoms in total. The summed E-state index contributed by atoms with van der Waals surface area (Å²) >= 11 is 0. The lowest BCUT2D eigenvalue weighted by molar-refractivity contribution is 0.0299. The summed E-state index contributed by atoms with van der Waals surface area (Å²) in [5, 5.41) is 6.63. The number of nitrogens with zero attached hydrogens (tertiary/aromatic N) is 2. The Hall–Kier alpha value is -1.36. The molecule has 2 heterocycles. The van der Waals surface area contributed by atoms with Gasteiger partial charge in [-0.3, -0.25) is 0 Å². The number of anilines is 2. The fourth-order valence-corrected chi connectivity index (χ4v) is 2.45. The van der Waals surface area contributed by atoms with Gasteiger partial charge < -0.3 is 15.4 Å². The highest BCUT2D eigenvalue weighted by Gasteiger charge is 2.27. The van der Waals surface area contributed by atoms with Crippen LogP contribution < -0.4 is 10.6 Å². The summed E-state index contributed by atoms with van der Waals surface area (Å²) in [5.41, 5.74) is 1.45. The molecule has 1 aromatic rings. The number of hydrogen-bond donors (Lipinski definition) is 2. The number of nitrogens with one attached hydrogen (secondary N) is 2. The van der Waals surface area contributed by atoms with Crippen molar-refractivity contribution in [1.29, 1.82) is 0 Å². The molecule has 5 heteroatoms. The van der Waals surface area contributed by atoms with Gasteiger partial charge in [-0.05, 0) is 24.7 Å². The summed E-state index contributed by atoms with van der Waals surface area (Å²) in [6, 6.07) is 0. The molecule has 0 radical (unpaired) electrons. The van der Waals surface area contributed by atoms with Gasteiger partial charge in [0.05, 0.1) is 0 Å². The van der Waals surface area contributed by atoms with Crippen molar-refractivity contribution in [2.75, 3.05) is 37.4 Å². The van der Waals surface area contributed by atoms with Crippen LogP contribution in [0, 0.1) is 5.41 Å². The van der Waals surface area contributed by atoms with Gasteiger partial charge in [-0.2, -0.15) is 0 Å². The van der Waals surface area contributed by atoms with E-state index >= 15 is 0 Å². The van der Waals surface area contributed by atoms with E-state index in [9.17, 15) is 0 Å². The van der Waals surface area contributed by atoms with Crippen molar-refractivity contribution < 1.29 is 4.74 Å². The maximum atomic E-state index is 5.43. The van der Waals surface area contributed by atoms with Crippen molar-refractivity contribution in [2.24, 2.45) is 5.41 Å². The highest BCUT2D eigenvalue weighted by Crippen LogP contribution is 2.30. The predicted molar refractivity (Wildman–Crippen MR) is 77.6 cm³/mol. The maximum Gasteiger partial charge on any atom is 0.134 e. The zero-order valence-electron chi connectivity index (χ0n) is 12.1. The Morgan fingerprint density at radius 1 is 1.26 bits per heavy atom. The SMILES string of the molecule is CCc1c(NC)ncnc1NCC1(C)CCOCC1. The molecular weight excluding hydrogens is 240 g/mol. The third-order valence-corrected chi connectivity index (χ3v) is 3.92. The average molecular weight is 264 g/mol. The molecular formula is C14H24N4O. The Balaban J connectivity index is 2.06. The summed E-state index contributed by atoms with van der Waals surface area (Å²) in [5.74, 6) is 1.87. The van der Waals surface area contributed by atoms with Crippen LogP contribution in [0.2, 0.25) is 0 Å². The normalized spacial score (nSPS) is 18.1.